The molecule has 2 aromatic rings. The van der Waals surface area contributed by atoms with E-state index in [1.807, 2.05) is 6.07 Å². The molecule has 0 aliphatic rings. The number of rotatable bonds is 4. The van der Waals surface area contributed by atoms with Crippen LogP contribution in [0.25, 0.3) is 0 Å². The summed E-state index contributed by atoms with van der Waals surface area (Å²) in [5.41, 5.74) is 0.873. The highest BCUT2D eigenvalue weighted by Gasteiger charge is 2.11. The summed E-state index contributed by atoms with van der Waals surface area (Å²) < 4.78 is 26.0. The highest BCUT2D eigenvalue weighted by molar-refractivity contribution is 6.30. The van der Waals surface area contributed by atoms with Gasteiger partial charge in [-0.25, -0.2) is 4.98 Å². The van der Waals surface area contributed by atoms with Crippen LogP contribution in [0.2, 0.25) is 5.02 Å². The second-order valence-electron chi connectivity index (χ2n) is 3.68. The third kappa shape index (κ3) is 3.01. The molecule has 0 aliphatic heterocycles. The number of benzene rings is 1. The van der Waals surface area contributed by atoms with Gasteiger partial charge in [0.1, 0.15) is 11.9 Å². The first kappa shape index (κ1) is 13.3. The molecule has 0 radical (unpaired) electrons. The second-order valence-corrected chi connectivity index (χ2v) is 4.12. The predicted molar refractivity (Wildman–Crippen MR) is 67.0 cm³/mol. The lowest BCUT2D eigenvalue weighted by Crippen LogP contribution is -2.09. The van der Waals surface area contributed by atoms with Gasteiger partial charge in [-0.05, 0) is 18.2 Å². The highest BCUT2D eigenvalue weighted by atomic mass is 35.5. The molecule has 0 aliphatic carbocycles. The van der Waals surface area contributed by atoms with Crippen LogP contribution < -0.4 is 5.32 Å². The third-order valence-corrected chi connectivity index (χ3v) is 2.73. The fourth-order valence-electron chi connectivity index (χ4n) is 1.59. The van der Waals surface area contributed by atoms with Crippen molar-refractivity contribution in [3.05, 3.63) is 47.0 Å². The number of hydrogen-bond donors (Lipinski definition) is 1. The van der Waals surface area contributed by atoms with E-state index < -0.39 is 6.55 Å². The number of nitriles is 1. The van der Waals surface area contributed by atoms with Crippen LogP contribution in [0.4, 0.5) is 14.5 Å². The number of alkyl halides is 2. The molecule has 0 bridgehead atoms. The lowest BCUT2D eigenvalue weighted by molar-refractivity contribution is 0.0673. The average Bonchev–Trinajstić information content (AvgIpc) is 2.85. The number of imidazole rings is 1. The molecular formula is C12H9ClF2N4. The molecule has 1 aromatic heterocycles. The first-order valence-electron chi connectivity index (χ1n) is 5.35. The van der Waals surface area contributed by atoms with Crippen LogP contribution in [0.15, 0.2) is 30.6 Å². The third-order valence-electron chi connectivity index (χ3n) is 2.50. The molecule has 1 aromatic carbocycles. The van der Waals surface area contributed by atoms with Gasteiger partial charge in [0.25, 0.3) is 0 Å². The quantitative estimate of drug-likeness (QED) is 0.935. The number of halogens is 3. The Hall–Kier alpha value is -2.13. The summed E-state index contributed by atoms with van der Waals surface area (Å²) in [6, 6.07) is 6.71. The maximum absolute atomic E-state index is 12.6. The van der Waals surface area contributed by atoms with Crippen LogP contribution in [0.5, 0.6) is 0 Å². The number of anilines is 1. The van der Waals surface area contributed by atoms with E-state index in [9.17, 15) is 8.78 Å². The van der Waals surface area contributed by atoms with Crippen LogP contribution in [-0.2, 0) is 6.54 Å². The van der Waals surface area contributed by atoms with Gasteiger partial charge in [0.2, 0.25) is 0 Å². The number of nitrogens with zero attached hydrogens (tertiary/aromatic N) is 3. The van der Waals surface area contributed by atoms with Crippen molar-refractivity contribution in [3.8, 4) is 6.07 Å². The molecule has 1 heterocycles. The minimum Gasteiger partial charge on any atom is -0.377 e. The van der Waals surface area contributed by atoms with Gasteiger partial charge in [-0.1, -0.05) is 11.6 Å². The van der Waals surface area contributed by atoms with E-state index in [0.717, 1.165) is 4.57 Å². The summed E-state index contributed by atoms with van der Waals surface area (Å²) in [6.07, 6.45) is 2.50. The van der Waals surface area contributed by atoms with E-state index in [2.05, 4.69) is 10.3 Å². The van der Waals surface area contributed by atoms with Crippen molar-refractivity contribution in [2.24, 2.45) is 0 Å². The molecule has 0 fully saturated rings. The Balaban J connectivity index is 2.17. The SMILES string of the molecule is N#Cc1ccc(Cl)cc1NCc1nccn1C(F)F. The van der Waals surface area contributed by atoms with Crippen molar-refractivity contribution >= 4 is 17.3 Å². The zero-order valence-electron chi connectivity index (χ0n) is 9.65. The summed E-state index contributed by atoms with van der Waals surface area (Å²) >= 11 is 5.83. The molecule has 98 valence electrons. The zero-order chi connectivity index (χ0) is 13.8. The maximum Gasteiger partial charge on any atom is 0.319 e. The Labute approximate surface area is 113 Å². The van der Waals surface area contributed by atoms with Gasteiger partial charge in [-0.3, -0.25) is 4.57 Å². The highest BCUT2D eigenvalue weighted by Crippen LogP contribution is 2.21. The smallest absolute Gasteiger partial charge is 0.319 e. The standard InChI is InChI=1S/C12H9ClF2N4/c13-9-2-1-8(6-16)10(5-9)18-7-11-17-3-4-19(11)12(14)15/h1-5,12,18H,7H2. The second kappa shape index (κ2) is 5.67. The molecule has 0 amide bonds. The molecule has 0 unspecified atom stereocenters. The van der Waals surface area contributed by atoms with Crippen molar-refractivity contribution in [2.45, 2.75) is 13.1 Å². The molecule has 2 rings (SSSR count). The molecule has 0 atom stereocenters. The number of aromatic nitrogens is 2. The summed E-state index contributed by atoms with van der Waals surface area (Å²) in [7, 11) is 0. The van der Waals surface area contributed by atoms with Gasteiger partial charge >= 0.3 is 6.55 Å². The van der Waals surface area contributed by atoms with Crippen LogP contribution in [0.1, 0.15) is 17.9 Å². The molecule has 19 heavy (non-hydrogen) atoms. The monoisotopic (exact) mass is 282 g/mol. The normalized spacial score (nSPS) is 10.5. The zero-order valence-corrected chi connectivity index (χ0v) is 10.4. The van der Waals surface area contributed by atoms with Gasteiger partial charge in [0.15, 0.2) is 0 Å². The Morgan fingerprint density at radius 2 is 2.26 bits per heavy atom. The number of nitrogens with one attached hydrogen (secondary N) is 1. The average molecular weight is 283 g/mol. The first-order valence-corrected chi connectivity index (χ1v) is 5.73. The lowest BCUT2D eigenvalue weighted by Gasteiger charge is -2.10. The molecular weight excluding hydrogens is 274 g/mol. The number of hydrogen-bond acceptors (Lipinski definition) is 3. The largest absolute Gasteiger partial charge is 0.377 e. The summed E-state index contributed by atoms with van der Waals surface area (Å²) in [5.74, 6) is 0.180. The van der Waals surface area contributed by atoms with Crippen molar-refractivity contribution in [1.82, 2.24) is 9.55 Å². The summed E-state index contributed by atoms with van der Waals surface area (Å²) in [6.45, 7) is -2.57. The topological polar surface area (TPSA) is 53.6 Å². The summed E-state index contributed by atoms with van der Waals surface area (Å²) in [4.78, 5) is 3.83. The lowest BCUT2D eigenvalue weighted by atomic mass is 10.2. The fourth-order valence-corrected chi connectivity index (χ4v) is 1.77. The fraction of sp³-hybridized carbons (Fsp3) is 0.167. The summed E-state index contributed by atoms with van der Waals surface area (Å²) in [5, 5.41) is 12.3. The van der Waals surface area contributed by atoms with Crippen molar-refractivity contribution in [1.29, 1.82) is 5.26 Å². The van der Waals surface area contributed by atoms with Gasteiger partial charge < -0.3 is 5.32 Å². The van der Waals surface area contributed by atoms with Crippen LogP contribution in [0, 0.1) is 11.3 Å². The van der Waals surface area contributed by atoms with Gasteiger partial charge in [-0.15, -0.1) is 0 Å². The van der Waals surface area contributed by atoms with E-state index >= 15 is 0 Å². The van der Waals surface area contributed by atoms with Crippen molar-refractivity contribution < 1.29 is 8.78 Å². The minimum absolute atomic E-state index is 0.0758. The van der Waals surface area contributed by atoms with E-state index in [4.69, 9.17) is 16.9 Å². The van der Waals surface area contributed by atoms with E-state index in [1.54, 1.807) is 18.2 Å². The maximum atomic E-state index is 12.6. The van der Waals surface area contributed by atoms with E-state index in [0.29, 0.717) is 16.3 Å². The Morgan fingerprint density at radius 3 is 2.95 bits per heavy atom. The van der Waals surface area contributed by atoms with Crippen LogP contribution in [-0.4, -0.2) is 9.55 Å². The van der Waals surface area contributed by atoms with Gasteiger partial charge in [0, 0.05) is 17.4 Å². The van der Waals surface area contributed by atoms with Crippen LogP contribution in [0.3, 0.4) is 0 Å². The van der Waals surface area contributed by atoms with Gasteiger partial charge in [0.05, 0.1) is 17.8 Å². The Bertz CT molecular complexity index is 618. The molecule has 0 spiro atoms. The van der Waals surface area contributed by atoms with Crippen molar-refractivity contribution in [2.75, 3.05) is 5.32 Å². The molecule has 4 nitrogen and oxygen atoms in total. The van der Waals surface area contributed by atoms with Gasteiger partial charge in [-0.2, -0.15) is 14.0 Å². The molecule has 0 saturated carbocycles. The van der Waals surface area contributed by atoms with E-state index in [-0.39, 0.29) is 12.4 Å². The molecule has 7 heteroatoms. The Kier molecular flexibility index (Phi) is 3.97. The first-order chi connectivity index (χ1) is 9.11. The predicted octanol–water partition coefficient (Wildman–Crippen LogP) is 3.42. The molecule has 0 saturated heterocycles. The minimum atomic E-state index is -2.64. The molecule has 1 N–H and O–H groups in total. The Morgan fingerprint density at radius 1 is 1.47 bits per heavy atom. The van der Waals surface area contributed by atoms with Crippen molar-refractivity contribution in [3.63, 3.8) is 0 Å². The van der Waals surface area contributed by atoms with E-state index in [1.165, 1.54) is 12.4 Å². The van der Waals surface area contributed by atoms with Crippen LogP contribution >= 0.6 is 11.6 Å².